The van der Waals surface area contributed by atoms with Crippen molar-refractivity contribution >= 4 is 41.5 Å². The van der Waals surface area contributed by atoms with Crippen molar-refractivity contribution in [2.45, 2.75) is 31.5 Å². The van der Waals surface area contributed by atoms with Gasteiger partial charge in [0, 0.05) is 12.6 Å². The zero-order chi connectivity index (χ0) is 21.5. The molecule has 2 heterocycles. The molecule has 0 radical (unpaired) electrons. The van der Waals surface area contributed by atoms with Crippen LogP contribution in [0.4, 0.5) is 10.2 Å². The van der Waals surface area contributed by atoms with Gasteiger partial charge in [0.15, 0.2) is 18.2 Å². The first kappa shape index (κ1) is 23.7. The van der Waals surface area contributed by atoms with Crippen LogP contribution in [0.5, 0.6) is 0 Å². The highest BCUT2D eigenvalue weighted by Crippen LogP contribution is 2.67. The maximum Gasteiger partial charge on any atom is 0.490 e. The number of phosphoric ester groups is 1. The largest absolute Gasteiger partial charge is 0.490 e. The zero-order valence-electron chi connectivity index (χ0n) is 13.8. The van der Waals surface area contributed by atoms with E-state index in [2.05, 4.69) is 18.1 Å². The molecule has 6 N–H and O–H groups in total. The van der Waals surface area contributed by atoms with Gasteiger partial charge in [0.2, 0.25) is 4.77 Å². The molecule has 1 saturated heterocycles. The molecule has 1 aliphatic heterocycles. The fourth-order valence-corrected chi connectivity index (χ4v) is 5.57. The van der Waals surface area contributed by atoms with Crippen LogP contribution < -0.4 is 5.73 Å². The first-order valence-corrected chi connectivity index (χ1v) is 11.9. The summed E-state index contributed by atoms with van der Waals surface area (Å²) in [5.41, 5.74) is 3.25. The standard InChI is InChI=1S/C9H15FN3O11P3S/c1-9(10)4-6(21-7(9)13-3-2-5(11)12-8(13)28)22-26(17,18)24-27(19,20)23-25(14,15)16/h2-3,6-7H,4H2,1H3,(H,17,18)(H,19,20)(H2,11,12,28)(H2,14,15,16)/t6-,7-,9?/m1/s1. The number of ether oxygens (including phenoxy) is 1. The molecular formula is C9H15FN3O11P3S. The summed E-state index contributed by atoms with van der Waals surface area (Å²) in [4.78, 5) is 39.3. The molecule has 1 aliphatic rings. The molecule has 5 atom stereocenters. The third-order valence-corrected chi connectivity index (χ3v) is 7.26. The van der Waals surface area contributed by atoms with Crippen molar-refractivity contribution < 1.29 is 55.5 Å². The van der Waals surface area contributed by atoms with Gasteiger partial charge in [-0.05, 0) is 25.2 Å². The third kappa shape index (κ3) is 6.46. The van der Waals surface area contributed by atoms with Crippen molar-refractivity contribution in [1.29, 1.82) is 0 Å². The number of rotatable bonds is 7. The Balaban J connectivity index is 2.15. The average Bonchev–Trinajstić information content (AvgIpc) is 2.67. The quantitative estimate of drug-likeness (QED) is 0.274. The van der Waals surface area contributed by atoms with Crippen molar-refractivity contribution in [3.63, 3.8) is 0 Å². The van der Waals surface area contributed by atoms with Crippen LogP contribution >= 0.6 is 35.7 Å². The minimum atomic E-state index is -5.71. The number of nitrogen functional groups attached to an aromatic ring is 1. The van der Waals surface area contributed by atoms with Crippen LogP contribution in [0.15, 0.2) is 12.3 Å². The lowest BCUT2D eigenvalue weighted by molar-refractivity contribution is -0.119. The van der Waals surface area contributed by atoms with E-state index >= 15 is 0 Å². The third-order valence-electron chi connectivity index (χ3n) is 3.13. The smallest absolute Gasteiger partial charge is 0.384 e. The van der Waals surface area contributed by atoms with Gasteiger partial charge in [0.25, 0.3) is 0 Å². The first-order valence-electron chi connectivity index (χ1n) is 7.01. The molecule has 0 spiro atoms. The first-order chi connectivity index (χ1) is 12.5. The van der Waals surface area contributed by atoms with Crippen LogP contribution in [0.25, 0.3) is 0 Å². The van der Waals surface area contributed by atoms with Crippen LogP contribution in [0, 0.1) is 4.77 Å². The van der Waals surface area contributed by atoms with Gasteiger partial charge in [0.05, 0.1) is 0 Å². The normalized spacial score (nSPS) is 29.9. The van der Waals surface area contributed by atoms with Crippen molar-refractivity contribution in [3.8, 4) is 0 Å². The van der Waals surface area contributed by atoms with E-state index in [0.717, 1.165) is 11.5 Å². The molecule has 28 heavy (non-hydrogen) atoms. The second-order valence-electron chi connectivity index (χ2n) is 5.64. The molecule has 0 amide bonds. The number of phosphoric acid groups is 3. The fourth-order valence-electron chi connectivity index (χ4n) is 2.23. The predicted molar refractivity (Wildman–Crippen MR) is 90.5 cm³/mol. The van der Waals surface area contributed by atoms with Crippen LogP contribution in [0.2, 0.25) is 0 Å². The summed E-state index contributed by atoms with van der Waals surface area (Å²) in [5, 5.41) is 0. The molecule has 160 valence electrons. The van der Waals surface area contributed by atoms with E-state index in [-0.39, 0.29) is 10.6 Å². The Hall–Kier alpha value is -0.600. The number of halogens is 1. The predicted octanol–water partition coefficient (Wildman–Crippen LogP) is 1.51. The van der Waals surface area contributed by atoms with Crippen molar-refractivity contribution in [2.75, 3.05) is 5.73 Å². The summed E-state index contributed by atoms with van der Waals surface area (Å²) in [6, 6.07) is 1.30. The van der Waals surface area contributed by atoms with Gasteiger partial charge in [-0.15, -0.1) is 0 Å². The van der Waals surface area contributed by atoms with Gasteiger partial charge in [-0.2, -0.15) is 8.62 Å². The summed E-state index contributed by atoms with van der Waals surface area (Å²) in [6.07, 6.45) is -2.62. The molecule has 0 saturated carbocycles. The Morgan fingerprint density at radius 2 is 1.93 bits per heavy atom. The topological polar surface area (TPSA) is 213 Å². The maximum absolute atomic E-state index is 14.9. The molecule has 0 bridgehead atoms. The Labute approximate surface area is 161 Å². The number of nitrogens with zero attached hydrogens (tertiary/aromatic N) is 2. The lowest BCUT2D eigenvalue weighted by Gasteiger charge is -2.23. The lowest BCUT2D eigenvalue weighted by atomic mass is 10.1. The Kier molecular flexibility index (Phi) is 6.69. The fraction of sp³-hybridized carbons (Fsp3) is 0.556. The molecule has 14 nitrogen and oxygen atoms in total. The molecule has 3 unspecified atom stereocenters. The second kappa shape index (κ2) is 7.91. The SMILES string of the molecule is CC1(F)C[C@@H](OP(=O)(O)OP(=O)(O)OP(=O)(O)O)O[C@H]1n1ccc(N)nc1=S. The van der Waals surface area contributed by atoms with Crippen LogP contribution in [0.1, 0.15) is 19.6 Å². The maximum atomic E-state index is 14.9. The highest BCUT2D eigenvalue weighted by atomic mass is 32.1. The summed E-state index contributed by atoms with van der Waals surface area (Å²) in [6.45, 7) is 1.07. The number of aromatic nitrogens is 2. The van der Waals surface area contributed by atoms with Crippen LogP contribution in [0.3, 0.4) is 0 Å². The molecule has 1 aromatic rings. The number of nitrogens with two attached hydrogens (primary N) is 1. The second-order valence-corrected chi connectivity index (χ2v) is 10.4. The number of anilines is 1. The summed E-state index contributed by atoms with van der Waals surface area (Å²) in [7, 11) is -16.7. The molecule has 1 fully saturated rings. The molecule has 19 heteroatoms. The Morgan fingerprint density at radius 1 is 1.32 bits per heavy atom. The van der Waals surface area contributed by atoms with E-state index < -0.39 is 48.1 Å². The molecule has 0 aromatic carbocycles. The zero-order valence-corrected chi connectivity index (χ0v) is 17.3. The summed E-state index contributed by atoms with van der Waals surface area (Å²) >= 11 is 4.94. The molecular weight excluding hydrogens is 470 g/mol. The highest BCUT2D eigenvalue weighted by Gasteiger charge is 2.51. The van der Waals surface area contributed by atoms with Gasteiger partial charge in [-0.25, -0.2) is 23.1 Å². The van der Waals surface area contributed by atoms with Crippen LogP contribution in [-0.4, -0.2) is 41.1 Å². The molecule has 1 aromatic heterocycles. The minimum Gasteiger partial charge on any atom is -0.384 e. The molecule has 2 rings (SSSR count). The van der Waals surface area contributed by atoms with Crippen molar-refractivity contribution in [2.24, 2.45) is 0 Å². The van der Waals surface area contributed by atoms with Gasteiger partial charge in [-0.1, -0.05) is 0 Å². The van der Waals surface area contributed by atoms with Gasteiger partial charge in [0.1, 0.15) is 5.82 Å². The van der Waals surface area contributed by atoms with E-state index in [0.29, 0.717) is 0 Å². The van der Waals surface area contributed by atoms with E-state index in [1.807, 2.05) is 0 Å². The highest BCUT2D eigenvalue weighted by molar-refractivity contribution is 7.71. The minimum absolute atomic E-state index is 0.0598. The van der Waals surface area contributed by atoms with Gasteiger partial charge < -0.3 is 30.0 Å². The Morgan fingerprint density at radius 3 is 2.46 bits per heavy atom. The van der Waals surface area contributed by atoms with Gasteiger partial charge >= 0.3 is 23.5 Å². The number of hydrogen-bond acceptors (Lipinski definition) is 10. The average molecular weight is 485 g/mol. The van der Waals surface area contributed by atoms with E-state index in [1.165, 1.54) is 12.3 Å². The van der Waals surface area contributed by atoms with Crippen molar-refractivity contribution in [3.05, 3.63) is 17.0 Å². The van der Waals surface area contributed by atoms with Gasteiger partial charge in [-0.3, -0.25) is 9.09 Å². The van der Waals surface area contributed by atoms with Crippen LogP contribution in [-0.2, 0) is 31.6 Å². The lowest BCUT2D eigenvalue weighted by Crippen LogP contribution is -2.28. The van der Waals surface area contributed by atoms with E-state index in [1.54, 1.807) is 0 Å². The summed E-state index contributed by atoms with van der Waals surface area (Å²) < 4.78 is 66.3. The number of alkyl halides is 1. The summed E-state index contributed by atoms with van der Waals surface area (Å²) in [5.74, 6) is 0.0598. The number of hydrogen-bond donors (Lipinski definition) is 5. The monoisotopic (exact) mass is 485 g/mol. The van der Waals surface area contributed by atoms with Crippen molar-refractivity contribution in [1.82, 2.24) is 9.55 Å². The molecule has 0 aliphatic carbocycles. The van der Waals surface area contributed by atoms with E-state index in [4.69, 9.17) is 37.4 Å². The Bertz CT molecular complexity index is 951. The van der Waals surface area contributed by atoms with E-state index in [9.17, 15) is 23.0 Å².